The van der Waals surface area contributed by atoms with Crippen molar-refractivity contribution < 1.29 is 18.3 Å². The van der Waals surface area contributed by atoms with Crippen LogP contribution >= 0.6 is 0 Å². The van der Waals surface area contributed by atoms with E-state index in [-0.39, 0.29) is 11.6 Å². The van der Waals surface area contributed by atoms with Crippen LogP contribution in [0.15, 0.2) is 42.7 Å². The molecule has 170 valence electrons. The average molecular weight is 445 g/mol. The molecule has 0 bridgehead atoms. The molecule has 0 spiro atoms. The minimum absolute atomic E-state index is 0.0449. The fourth-order valence-electron chi connectivity index (χ4n) is 4.04. The maximum atomic E-state index is 13.2. The van der Waals surface area contributed by atoms with Crippen molar-refractivity contribution >= 4 is 17.3 Å². The number of anilines is 2. The number of halogens is 2. The molecule has 11 heteroatoms. The van der Waals surface area contributed by atoms with E-state index in [1.807, 2.05) is 18.2 Å². The quantitative estimate of drug-likeness (QED) is 0.534. The van der Waals surface area contributed by atoms with Gasteiger partial charge >= 0.3 is 6.61 Å². The second-order valence-electron chi connectivity index (χ2n) is 7.69. The highest BCUT2D eigenvalue weighted by atomic mass is 19.3. The Morgan fingerprint density at radius 1 is 1.28 bits per heavy atom. The number of carbonyl (C=O) groups excluding carboxylic acids is 1. The molecule has 1 saturated carbocycles. The summed E-state index contributed by atoms with van der Waals surface area (Å²) >= 11 is 0. The number of hydroxylamine groups is 1. The van der Waals surface area contributed by atoms with E-state index >= 15 is 0 Å². The number of aromatic amines is 1. The molecule has 0 saturated heterocycles. The molecule has 1 aromatic carbocycles. The van der Waals surface area contributed by atoms with Crippen molar-refractivity contribution in [3.05, 3.63) is 47.9 Å². The maximum Gasteiger partial charge on any atom is 0.388 e. The molecule has 2 atom stereocenters. The van der Waals surface area contributed by atoms with E-state index in [0.717, 1.165) is 29.2 Å². The summed E-state index contributed by atoms with van der Waals surface area (Å²) in [6.07, 6.45) is 5.73. The number of benzene rings is 1. The number of hydrogen-bond donors (Lipinski definition) is 2. The Labute approximate surface area is 182 Å². The molecule has 0 radical (unpaired) electrons. The number of amides is 1. The van der Waals surface area contributed by atoms with Crippen LogP contribution in [0.2, 0.25) is 0 Å². The Hall–Kier alpha value is -3.47. The minimum Gasteiger partial charge on any atom is -0.758 e. The molecule has 4 rings (SSSR count). The van der Waals surface area contributed by atoms with Gasteiger partial charge in [0.25, 0.3) is 5.88 Å². The topological polar surface area (TPSA) is 111 Å². The van der Waals surface area contributed by atoms with E-state index in [4.69, 9.17) is 0 Å². The average Bonchev–Trinajstić information content (AvgIpc) is 3.43. The molecule has 2 aromatic heterocycles. The van der Waals surface area contributed by atoms with Gasteiger partial charge in [0.05, 0.1) is 17.8 Å². The highest BCUT2D eigenvalue weighted by molar-refractivity contribution is 5.94. The van der Waals surface area contributed by atoms with Crippen LogP contribution in [0, 0.1) is 11.1 Å². The van der Waals surface area contributed by atoms with E-state index in [9.17, 15) is 18.8 Å². The SMILES string of the molecule is Cn1cc(NC(=O)[C@@H]2CCCC[C@H]2N([O-])c2ccc(-c3ccn[nH]3)cc2)c(OC(F)F)n1. The van der Waals surface area contributed by atoms with Gasteiger partial charge in [-0.15, -0.1) is 5.10 Å². The first kappa shape index (κ1) is 21.8. The Morgan fingerprint density at radius 2 is 2.03 bits per heavy atom. The molecule has 2 heterocycles. The van der Waals surface area contributed by atoms with Crippen LogP contribution in [0.4, 0.5) is 20.2 Å². The van der Waals surface area contributed by atoms with Gasteiger partial charge in [-0.25, -0.2) is 0 Å². The van der Waals surface area contributed by atoms with Crippen molar-refractivity contribution in [2.75, 3.05) is 10.4 Å². The molecule has 0 unspecified atom stereocenters. The first-order valence-electron chi connectivity index (χ1n) is 10.3. The van der Waals surface area contributed by atoms with Gasteiger partial charge in [0.2, 0.25) is 5.91 Å². The van der Waals surface area contributed by atoms with Gasteiger partial charge in [-0.3, -0.25) is 14.6 Å². The van der Waals surface area contributed by atoms with Gasteiger partial charge in [0, 0.05) is 25.0 Å². The standard InChI is InChI=1S/C21H23F2N6O3/c1-28-12-17(20(27-28)32-21(22)23)25-19(30)15-4-2-3-5-18(15)29(31)14-8-6-13(7-9-14)16-10-11-24-26-16/h6-12,15,18,21H,2-5H2,1H3,(H,24,26)(H,25,30)/q-1/t15-,18-/m1/s1. The third-order valence-electron chi connectivity index (χ3n) is 5.55. The van der Waals surface area contributed by atoms with Crippen molar-refractivity contribution in [3.63, 3.8) is 0 Å². The van der Waals surface area contributed by atoms with Gasteiger partial charge < -0.3 is 20.3 Å². The summed E-state index contributed by atoms with van der Waals surface area (Å²) in [6.45, 7) is -3.06. The lowest BCUT2D eigenvalue weighted by Gasteiger charge is -2.45. The molecular formula is C21H23F2N6O3-. The van der Waals surface area contributed by atoms with E-state index in [1.165, 1.54) is 17.9 Å². The van der Waals surface area contributed by atoms with Crippen LogP contribution in [-0.4, -0.2) is 38.5 Å². The highest BCUT2D eigenvalue weighted by Gasteiger charge is 2.33. The largest absolute Gasteiger partial charge is 0.758 e. The molecule has 1 amide bonds. The summed E-state index contributed by atoms with van der Waals surface area (Å²) in [6, 6.07) is 8.31. The maximum absolute atomic E-state index is 13.2. The third kappa shape index (κ3) is 4.72. The summed E-state index contributed by atoms with van der Waals surface area (Å²) in [5, 5.41) is 27.2. The van der Waals surface area contributed by atoms with E-state index in [2.05, 4.69) is 25.3 Å². The van der Waals surface area contributed by atoms with Crippen LogP contribution in [-0.2, 0) is 11.8 Å². The van der Waals surface area contributed by atoms with Gasteiger partial charge in [0.15, 0.2) is 0 Å². The lowest BCUT2D eigenvalue weighted by molar-refractivity contribution is -0.121. The number of H-pyrrole nitrogens is 1. The number of aromatic nitrogens is 4. The Balaban J connectivity index is 1.49. The minimum atomic E-state index is -3.06. The van der Waals surface area contributed by atoms with Crippen molar-refractivity contribution in [3.8, 4) is 17.1 Å². The van der Waals surface area contributed by atoms with E-state index in [1.54, 1.807) is 18.3 Å². The fourth-order valence-corrected chi connectivity index (χ4v) is 4.04. The first-order chi connectivity index (χ1) is 15.4. The molecule has 32 heavy (non-hydrogen) atoms. The zero-order chi connectivity index (χ0) is 22.7. The Kier molecular flexibility index (Phi) is 6.35. The molecule has 1 aliphatic rings. The number of nitrogens with zero attached hydrogens (tertiary/aromatic N) is 4. The number of nitrogens with one attached hydrogen (secondary N) is 2. The van der Waals surface area contributed by atoms with Crippen LogP contribution in [0.25, 0.3) is 11.3 Å². The fraction of sp³-hybridized carbons (Fsp3) is 0.381. The van der Waals surface area contributed by atoms with Crippen molar-refractivity contribution in [2.24, 2.45) is 13.0 Å². The molecule has 3 aromatic rings. The molecule has 1 aliphatic carbocycles. The molecular weight excluding hydrogens is 422 g/mol. The summed E-state index contributed by atoms with van der Waals surface area (Å²) < 4.78 is 30.9. The zero-order valence-corrected chi connectivity index (χ0v) is 17.4. The highest BCUT2D eigenvalue weighted by Crippen LogP contribution is 2.34. The smallest absolute Gasteiger partial charge is 0.388 e. The summed E-state index contributed by atoms with van der Waals surface area (Å²) in [4.78, 5) is 13.0. The van der Waals surface area contributed by atoms with Gasteiger partial charge in [-0.05, 0) is 36.6 Å². The van der Waals surface area contributed by atoms with Crippen molar-refractivity contribution in [1.29, 1.82) is 0 Å². The summed E-state index contributed by atoms with van der Waals surface area (Å²) in [5.41, 5.74) is 2.22. The van der Waals surface area contributed by atoms with Crippen LogP contribution in [0.1, 0.15) is 25.7 Å². The number of ether oxygens (including phenoxy) is 1. The van der Waals surface area contributed by atoms with Gasteiger partial charge in [-0.1, -0.05) is 25.0 Å². The normalized spacial score (nSPS) is 18.5. The second-order valence-corrected chi connectivity index (χ2v) is 7.69. The second kappa shape index (κ2) is 9.35. The van der Waals surface area contributed by atoms with Crippen LogP contribution < -0.4 is 15.1 Å². The molecule has 2 N–H and O–H groups in total. The number of rotatable bonds is 7. The van der Waals surface area contributed by atoms with Crippen LogP contribution in [0.3, 0.4) is 0 Å². The number of carbonyl (C=O) groups is 1. The van der Waals surface area contributed by atoms with Crippen molar-refractivity contribution in [1.82, 2.24) is 20.0 Å². The predicted octanol–water partition coefficient (Wildman–Crippen LogP) is 3.91. The van der Waals surface area contributed by atoms with Crippen LogP contribution in [0.5, 0.6) is 5.88 Å². The number of aryl methyl sites for hydroxylation is 1. The first-order valence-corrected chi connectivity index (χ1v) is 10.3. The summed E-state index contributed by atoms with van der Waals surface area (Å²) in [7, 11) is 1.53. The van der Waals surface area contributed by atoms with E-state index in [0.29, 0.717) is 18.5 Å². The lowest BCUT2D eigenvalue weighted by atomic mass is 9.83. The lowest BCUT2D eigenvalue weighted by Crippen LogP contribution is -2.44. The molecule has 0 aliphatic heterocycles. The predicted molar refractivity (Wildman–Crippen MR) is 114 cm³/mol. The van der Waals surface area contributed by atoms with E-state index < -0.39 is 24.5 Å². The number of hydrogen-bond acceptors (Lipinski definition) is 6. The zero-order valence-electron chi connectivity index (χ0n) is 17.4. The van der Waals surface area contributed by atoms with Gasteiger partial charge in [-0.2, -0.15) is 13.9 Å². The Morgan fingerprint density at radius 3 is 2.72 bits per heavy atom. The number of alkyl halides is 2. The third-order valence-corrected chi connectivity index (χ3v) is 5.55. The molecule has 9 nitrogen and oxygen atoms in total. The summed E-state index contributed by atoms with van der Waals surface area (Å²) in [5.74, 6) is -1.39. The van der Waals surface area contributed by atoms with Gasteiger partial charge in [0.1, 0.15) is 5.69 Å². The monoisotopic (exact) mass is 445 g/mol. The Bertz CT molecular complexity index is 1040. The van der Waals surface area contributed by atoms with Crippen molar-refractivity contribution in [2.45, 2.75) is 38.3 Å². The molecule has 1 fully saturated rings.